The molecule has 1 unspecified atom stereocenters. The fourth-order valence-corrected chi connectivity index (χ4v) is 2.88. The third kappa shape index (κ3) is 3.26. The largest absolute Gasteiger partial charge is 0.346 e. The van der Waals surface area contributed by atoms with Gasteiger partial charge in [0.25, 0.3) is 5.91 Å². The molecule has 0 radical (unpaired) electrons. The molecule has 0 heterocycles. The van der Waals surface area contributed by atoms with Gasteiger partial charge in [-0.2, -0.15) is 0 Å². The van der Waals surface area contributed by atoms with Crippen LogP contribution in [0.1, 0.15) is 41.4 Å². The summed E-state index contributed by atoms with van der Waals surface area (Å²) in [6.45, 7) is 4.09. The summed E-state index contributed by atoms with van der Waals surface area (Å²) >= 11 is 0. The molecule has 3 aromatic rings. The van der Waals surface area contributed by atoms with Gasteiger partial charge >= 0.3 is 0 Å². The van der Waals surface area contributed by atoms with Gasteiger partial charge in [0, 0.05) is 5.56 Å². The SMILES string of the molecule is CCc1ccccc1C(=O)NC(C)c1ccc2ccccc2c1. The zero-order valence-corrected chi connectivity index (χ0v) is 13.5. The highest BCUT2D eigenvalue weighted by Crippen LogP contribution is 2.21. The van der Waals surface area contributed by atoms with E-state index in [-0.39, 0.29) is 11.9 Å². The van der Waals surface area contributed by atoms with Crippen LogP contribution >= 0.6 is 0 Å². The van der Waals surface area contributed by atoms with Crippen LogP contribution in [0, 0.1) is 0 Å². The Balaban J connectivity index is 1.82. The van der Waals surface area contributed by atoms with Crippen molar-refractivity contribution in [3.63, 3.8) is 0 Å². The highest BCUT2D eigenvalue weighted by atomic mass is 16.1. The third-order valence-corrected chi connectivity index (χ3v) is 4.26. The van der Waals surface area contributed by atoms with Crippen molar-refractivity contribution in [1.82, 2.24) is 5.32 Å². The lowest BCUT2D eigenvalue weighted by atomic mass is 10.0. The average Bonchev–Trinajstić information content (AvgIpc) is 2.61. The molecule has 3 rings (SSSR count). The molecule has 0 spiro atoms. The molecule has 0 bridgehead atoms. The maximum Gasteiger partial charge on any atom is 0.252 e. The molecular weight excluding hydrogens is 282 g/mol. The summed E-state index contributed by atoms with van der Waals surface area (Å²) in [7, 11) is 0. The Morgan fingerprint density at radius 2 is 1.65 bits per heavy atom. The van der Waals surface area contributed by atoms with Crippen molar-refractivity contribution in [2.75, 3.05) is 0 Å². The van der Waals surface area contributed by atoms with Crippen LogP contribution in [0.5, 0.6) is 0 Å². The van der Waals surface area contributed by atoms with Gasteiger partial charge in [-0.1, -0.05) is 61.5 Å². The highest BCUT2D eigenvalue weighted by Gasteiger charge is 2.14. The molecule has 0 aliphatic carbocycles. The highest BCUT2D eigenvalue weighted by molar-refractivity contribution is 5.96. The molecule has 0 saturated heterocycles. The Labute approximate surface area is 137 Å². The topological polar surface area (TPSA) is 29.1 Å². The first kappa shape index (κ1) is 15.3. The van der Waals surface area contributed by atoms with E-state index >= 15 is 0 Å². The van der Waals surface area contributed by atoms with Crippen molar-refractivity contribution in [2.45, 2.75) is 26.3 Å². The lowest BCUT2D eigenvalue weighted by Gasteiger charge is -2.16. The summed E-state index contributed by atoms with van der Waals surface area (Å²) < 4.78 is 0. The van der Waals surface area contributed by atoms with Crippen LogP contribution < -0.4 is 5.32 Å². The van der Waals surface area contributed by atoms with Crippen molar-refractivity contribution in [3.05, 3.63) is 83.4 Å². The number of nitrogens with one attached hydrogen (secondary N) is 1. The summed E-state index contributed by atoms with van der Waals surface area (Å²) in [5.74, 6) is -0.0110. The Morgan fingerprint density at radius 1 is 0.957 bits per heavy atom. The molecule has 3 aromatic carbocycles. The van der Waals surface area contributed by atoms with Gasteiger partial charge in [0.15, 0.2) is 0 Å². The van der Waals surface area contributed by atoms with Crippen molar-refractivity contribution >= 4 is 16.7 Å². The van der Waals surface area contributed by atoms with E-state index in [9.17, 15) is 4.79 Å². The number of carbonyl (C=O) groups excluding carboxylic acids is 1. The zero-order valence-electron chi connectivity index (χ0n) is 13.5. The van der Waals surface area contributed by atoms with Crippen LogP contribution in [0.3, 0.4) is 0 Å². The van der Waals surface area contributed by atoms with Crippen LogP contribution in [0.25, 0.3) is 10.8 Å². The number of fused-ring (bicyclic) bond motifs is 1. The quantitative estimate of drug-likeness (QED) is 0.730. The van der Waals surface area contributed by atoms with Gasteiger partial charge in [0.2, 0.25) is 0 Å². The number of hydrogen-bond acceptors (Lipinski definition) is 1. The lowest BCUT2D eigenvalue weighted by Crippen LogP contribution is -2.27. The number of rotatable bonds is 4. The van der Waals surface area contributed by atoms with Crippen LogP contribution in [0.2, 0.25) is 0 Å². The van der Waals surface area contributed by atoms with Crippen LogP contribution in [0.15, 0.2) is 66.7 Å². The number of benzene rings is 3. The van der Waals surface area contributed by atoms with Crippen LogP contribution in [0.4, 0.5) is 0 Å². The average molecular weight is 303 g/mol. The maximum atomic E-state index is 12.6. The van der Waals surface area contributed by atoms with Gasteiger partial charge in [-0.3, -0.25) is 4.79 Å². The lowest BCUT2D eigenvalue weighted by molar-refractivity contribution is 0.0939. The molecule has 0 aliphatic heterocycles. The van der Waals surface area contributed by atoms with Gasteiger partial charge in [-0.15, -0.1) is 0 Å². The van der Waals surface area contributed by atoms with Crippen molar-refractivity contribution < 1.29 is 4.79 Å². The summed E-state index contributed by atoms with van der Waals surface area (Å²) in [5.41, 5.74) is 2.96. The Bertz CT molecular complexity index is 838. The Kier molecular flexibility index (Phi) is 4.42. The number of aryl methyl sites for hydroxylation is 1. The fourth-order valence-electron chi connectivity index (χ4n) is 2.88. The zero-order chi connectivity index (χ0) is 16.2. The molecule has 23 heavy (non-hydrogen) atoms. The van der Waals surface area contributed by atoms with Gasteiger partial charge in [0.1, 0.15) is 0 Å². The summed E-state index contributed by atoms with van der Waals surface area (Å²) in [5, 5.41) is 5.52. The summed E-state index contributed by atoms with van der Waals surface area (Å²) in [6.07, 6.45) is 0.855. The van der Waals surface area contributed by atoms with E-state index in [1.54, 1.807) is 0 Å². The monoisotopic (exact) mass is 303 g/mol. The fraction of sp³-hybridized carbons (Fsp3) is 0.190. The second kappa shape index (κ2) is 6.66. The summed E-state index contributed by atoms with van der Waals surface area (Å²) in [6, 6.07) is 22.4. The minimum atomic E-state index is -0.0305. The summed E-state index contributed by atoms with van der Waals surface area (Å²) in [4.78, 5) is 12.6. The molecule has 1 N–H and O–H groups in total. The Morgan fingerprint density at radius 3 is 2.43 bits per heavy atom. The van der Waals surface area contributed by atoms with E-state index < -0.39 is 0 Å². The van der Waals surface area contributed by atoms with E-state index in [2.05, 4.69) is 42.6 Å². The molecule has 116 valence electrons. The van der Waals surface area contributed by atoms with Crippen molar-refractivity contribution in [3.8, 4) is 0 Å². The predicted octanol–water partition coefficient (Wildman–Crippen LogP) is 4.89. The molecular formula is C21H21NO. The molecule has 1 atom stereocenters. The van der Waals surface area contributed by atoms with Gasteiger partial charge in [-0.25, -0.2) is 0 Å². The first-order valence-corrected chi connectivity index (χ1v) is 8.06. The predicted molar refractivity (Wildman–Crippen MR) is 95.6 cm³/mol. The van der Waals surface area contributed by atoms with Gasteiger partial charge in [0.05, 0.1) is 6.04 Å². The van der Waals surface area contributed by atoms with Gasteiger partial charge in [-0.05, 0) is 47.4 Å². The smallest absolute Gasteiger partial charge is 0.252 e. The van der Waals surface area contributed by atoms with E-state index in [0.717, 1.165) is 23.1 Å². The molecule has 0 aromatic heterocycles. The van der Waals surface area contributed by atoms with E-state index in [4.69, 9.17) is 0 Å². The van der Waals surface area contributed by atoms with Gasteiger partial charge < -0.3 is 5.32 Å². The van der Waals surface area contributed by atoms with Crippen molar-refractivity contribution in [1.29, 1.82) is 0 Å². The Hall–Kier alpha value is -2.61. The second-order valence-corrected chi connectivity index (χ2v) is 5.81. The molecule has 2 nitrogen and oxygen atoms in total. The first-order valence-electron chi connectivity index (χ1n) is 8.06. The minimum Gasteiger partial charge on any atom is -0.346 e. The van der Waals surface area contributed by atoms with E-state index in [1.807, 2.05) is 43.3 Å². The normalized spacial score (nSPS) is 12.1. The third-order valence-electron chi connectivity index (χ3n) is 4.26. The molecule has 2 heteroatoms. The van der Waals surface area contributed by atoms with Crippen LogP contribution in [-0.4, -0.2) is 5.91 Å². The molecule has 1 amide bonds. The number of hydrogen-bond donors (Lipinski definition) is 1. The number of carbonyl (C=O) groups is 1. The first-order chi connectivity index (χ1) is 11.2. The van der Waals surface area contributed by atoms with Crippen LogP contribution in [-0.2, 0) is 6.42 Å². The maximum absolute atomic E-state index is 12.6. The standard InChI is InChI=1S/C21H21NO/c1-3-16-8-6-7-11-20(16)21(23)22-15(2)18-13-12-17-9-4-5-10-19(17)14-18/h4-15H,3H2,1-2H3,(H,22,23). The molecule has 0 saturated carbocycles. The number of amides is 1. The van der Waals surface area contributed by atoms with Crippen molar-refractivity contribution in [2.24, 2.45) is 0 Å². The van der Waals surface area contributed by atoms with E-state index in [0.29, 0.717) is 0 Å². The second-order valence-electron chi connectivity index (χ2n) is 5.81. The van der Waals surface area contributed by atoms with E-state index in [1.165, 1.54) is 10.8 Å². The molecule has 0 fully saturated rings. The molecule has 0 aliphatic rings. The minimum absolute atomic E-state index is 0.0110.